The van der Waals surface area contributed by atoms with Crippen LogP contribution >= 0.6 is 0 Å². The Labute approximate surface area is 98.7 Å². The van der Waals surface area contributed by atoms with Crippen LogP contribution in [-0.4, -0.2) is 38.0 Å². The number of hydrogen-bond acceptors (Lipinski definition) is 4. The van der Waals surface area contributed by atoms with Crippen molar-refractivity contribution in [1.29, 1.82) is 0 Å². The molecule has 0 saturated heterocycles. The Hall–Kier alpha value is -2.24. The highest BCUT2D eigenvalue weighted by atomic mass is 16.2. The standard InChI is InChI=1S/C11H13N5O/c1-8-9(4-3-5-12-8)11(17)16(2)6-10-13-7-14-15-10/h3-5,7H,6H2,1-2H3,(H,13,14,15). The lowest BCUT2D eigenvalue weighted by Gasteiger charge is -2.16. The molecule has 6 heteroatoms. The normalized spacial score (nSPS) is 10.2. The van der Waals surface area contributed by atoms with Crippen LogP contribution in [0, 0.1) is 6.92 Å². The molecule has 2 aromatic rings. The van der Waals surface area contributed by atoms with Gasteiger partial charge in [0.05, 0.1) is 12.1 Å². The van der Waals surface area contributed by atoms with Crippen molar-refractivity contribution in [2.75, 3.05) is 7.05 Å². The van der Waals surface area contributed by atoms with Gasteiger partial charge in [-0.25, -0.2) is 4.98 Å². The summed E-state index contributed by atoms with van der Waals surface area (Å²) in [6.07, 6.45) is 3.09. The predicted octanol–water partition coefficient (Wildman–Crippen LogP) is 0.780. The second kappa shape index (κ2) is 4.73. The number of aryl methyl sites for hydroxylation is 1. The van der Waals surface area contributed by atoms with E-state index in [2.05, 4.69) is 20.2 Å². The highest BCUT2D eigenvalue weighted by Crippen LogP contribution is 2.08. The fourth-order valence-electron chi connectivity index (χ4n) is 1.52. The van der Waals surface area contributed by atoms with Crippen LogP contribution in [0.2, 0.25) is 0 Å². The van der Waals surface area contributed by atoms with E-state index in [0.717, 1.165) is 5.69 Å². The molecule has 0 fully saturated rings. The van der Waals surface area contributed by atoms with Gasteiger partial charge in [0.1, 0.15) is 12.2 Å². The zero-order valence-corrected chi connectivity index (χ0v) is 9.71. The summed E-state index contributed by atoms with van der Waals surface area (Å²) in [6.45, 7) is 2.21. The molecule has 2 heterocycles. The first-order valence-electron chi connectivity index (χ1n) is 5.20. The third-order valence-electron chi connectivity index (χ3n) is 2.44. The van der Waals surface area contributed by atoms with Crippen molar-refractivity contribution in [3.8, 4) is 0 Å². The predicted molar refractivity (Wildman–Crippen MR) is 61.2 cm³/mol. The number of aromatic amines is 1. The van der Waals surface area contributed by atoms with E-state index in [1.165, 1.54) is 6.33 Å². The Morgan fingerprint density at radius 3 is 2.94 bits per heavy atom. The molecule has 1 N–H and O–H groups in total. The molecule has 0 saturated carbocycles. The minimum absolute atomic E-state index is 0.0769. The van der Waals surface area contributed by atoms with Gasteiger partial charge >= 0.3 is 0 Å². The van der Waals surface area contributed by atoms with Gasteiger partial charge in [0.2, 0.25) is 0 Å². The van der Waals surface area contributed by atoms with Crippen LogP contribution in [0.4, 0.5) is 0 Å². The van der Waals surface area contributed by atoms with Crippen LogP contribution < -0.4 is 0 Å². The SMILES string of the molecule is Cc1ncccc1C(=O)N(C)Cc1ncn[nH]1. The summed E-state index contributed by atoms with van der Waals surface area (Å²) >= 11 is 0. The molecule has 2 aromatic heterocycles. The van der Waals surface area contributed by atoms with Crippen molar-refractivity contribution < 1.29 is 4.79 Å². The number of nitrogens with zero attached hydrogens (tertiary/aromatic N) is 4. The first-order chi connectivity index (χ1) is 8.18. The molecule has 6 nitrogen and oxygen atoms in total. The van der Waals surface area contributed by atoms with Gasteiger partial charge in [-0.05, 0) is 19.1 Å². The van der Waals surface area contributed by atoms with Gasteiger partial charge in [-0.3, -0.25) is 14.9 Å². The molecule has 0 spiro atoms. The molecule has 88 valence electrons. The van der Waals surface area contributed by atoms with E-state index < -0.39 is 0 Å². The quantitative estimate of drug-likeness (QED) is 0.847. The van der Waals surface area contributed by atoms with Gasteiger partial charge in [-0.2, -0.15) is 5.10 Å². The van der Waals surface area contributed by atoms with Crippen LogP contribution in [0.25, 0.3) is 0 Å². The number of nitrogens with one attached hydrogen (secondary N) is 1. The van der Waals surface area contributed by atoms with E-state index in [-0.39, 0.29) is 5.91 Å². The molecule has 0 aliphatic rings. The van der Waals surface area contributed by atoms with Crippen molar-refractivity contribution in [1.82, 2.24) is 25.1 Å². The summed E-state index contributed by atoms with van der Waals surface area (Å²) in [6, 6.07) is 3.52. The fourth-order valence-corrected chi connectivity index (χ4v) is 1.52. The Balaban J connectivity index is 2.13. The van der Waals surface area contributed by atoms with Gasteiger partial charge in [0, 0.05) is 18.9 Å². The molecule has 0 bridgehead atoms. The third-order valence-corrected chi connectivity index (χ3v) is 2.44. The summed E-state index contributed by atoms with van der Waals surface area (Å²) in [5.41, 5.74) is 1.33. The third kappa shape index (κ3) is 2.47. The zero-order valence-electron chi connectivity index (χ0n) is 9.71. The lowest BCUT2D eigenvalue weighted by molar-refractivity contribution is 0.0780. The second-order valence-corrected chi connectivity index (χ2v) is 3.73. The van der Waals surface area contributed by atoms with Crippen molar-refractivity contribution in [2.45, 2.75) is 13.5 Å². The fraction of sp³-hybridized carbons (Fsp3) is 0.273. The maximum Gasteiger partial charge on any atom is 0.255 e. The molecular weight excluding hydrogens is 218 g/mol. The Morgan fingerprint density at radius 2 is 2.29 bits per heavy atom. The number of pyridine rings is 1. The zero-order chi connectivity index (χ0) is 12.3. The van der Waals surface area contributed by atoms with E-state index in [1.54, 1.807) is 30.3 Å². The number of hydrogen-bond donors (Lipinski definition) is 1. The van der Waals surface area contributed by atoms with E-state index in [1.807, 2.05) is 6.92 Å². The van der Waals surface area contributed by atoms with Gasteiger partial charge in [-0.1, -0.05) is 0 Å². The summed E-state index contributed by atoms with van der Waals surface area (Å²) in [5, 5.41) is 6.46. The van der Waals surface area contributed by atoms with Crippen molar-refractivity contribution in [2.24, 2.45) is 0 Å². The molecule has 0 aliphatic heterocycles. The number of amides is 1. The summed E-state index contributed by atoms with van der Waals surface area (Å²) in [4.78, 5) is 21.8. The highest BCUT2D eigenvalue weighted by Gasteiger charge is 2.15. The average molecular weight is 231 g/mol. The molecule has 0 radical (unpaired) electrons. The summed E-state index contributed by atoms with van der Waals surface area (Å²) in [5.74, 6) is 0.578. The molecular formula is C11H13N5O. The van der Waals surface area contributed by atoms with Gasteiger partial charge < -0.3 is 4.90 Å². The van der Waals surface area contributed by atoms with E-state index in [4.69, 9.17) is 0 Å². The molecule has 0 atom stereocenters. The minimum atomic E-state index is -0.0769. The van der Waals surface area contributed by atoms with Crippen LogP contribution in [0.5, 0.6) is 0 Å². The minimum Gasteiger partial charge on any atom is -0.334 e. The molecule has 2 rings (SSSR count). The largest absolute Gasteiger partial charge is 0.334 e. The molecule has 1 amide bonds. The summed E-state index contributed by atoms with van der Waals surface area (Å²) < 4.78 is 0. The second-order valence-electron chi connectivity index (χ2n) is 3.73. The number of aromatic nitrogens is 4. The van der Waals surface area contributed by atoms with Gasteiger partial charge in [-0.15, -0.1) is 0 Å². The van der Waals surface area contributed by atoms with Crippen LogP contribution in [-0.2, 0) is 6.54 Å². The average Bonchev–Trinajstić information content (AvgIpc) is 2.81. The van der Waals surface area contributed by atoms with Crippen LogP contribution in [0.15, 0.2) is 24.7 Å². The van der Waals surface area contributed by atoms with E-state index in [9.17, 15) is 4.79 Å². The first kappa shape index (κ1) is 11.3. The number of rotatable bonds is 3. The Kier molecular flexibility index (Phi) is 3.13. The lowest BCUT2D eigenvalue weighted by atomic mass is 10.2. The molecule has 0 unspecified atom stereocenters. The topological polar surface area (TPSA) is 74.8 Å². The number of carbonyl (C=O) groups is 1. The molecule has 0 aliphatic carbocycles. The number of H-pyrrole nitrogens is 1. The van der Waals surface area contributed by atoms with Crippen LogP contribution in [0.1, 0.15) is 21.9 Å². The molecule has 17 heavy (non-hydrogen) atoms. The summed E-state index contributed by atoms with van der Waals surface area (Å²) in [7, 11) is 1.72. The monoisotopic (exact) mass is 231 g/mol. The number of carbonyl (C=O) groups excluding carboxylic acids is 1. The Morgan fingerprint density at radius 1 is 1.47 bits per heavy atom. The van der Waals surface area contributed by atoms with Crippen molar-refractivity contribution >= 4 is 5.91 Å². The highest BCUT2D eigenvalue weighted by molar-refractivity contribution is 5.94. The molecule has 0 aromatic carbocycles. The smallest absolute Gasteiger partial charge is 0.255 e. The lowest BCUT2D eigenvalue weighted by Crippen LogP contribution is -2.27. The van der Waals surface area contributed by atoms with E-state index >= 15 is 0 Å². The van der Waals surface area contributed by atoms with Crippen molar-refractivity contribution in [3.63, 3.8) is 0 Å². The Bertz CT molecular complexity index is 508. The van der Waals surface area contributed by atoms with Crippen LogP contribution in [0.3, 0.4) is 0 Å². The van der Waals surface area contributed by atoms with Crippen molar-refractivity contribution in [3.05, 3.63) is 41.7 Å². The van der Waals surface area contributed by atoms with Gasteiger partial charge in [0.15, 0.2) is 0 Å². The maximum absolute atomic E-state index is 12.1. The van der Waals surface area contributed by atoms with E-state index in [0.29, 0.717) is 17.9 Å². The van der Waals surface area contributed by atoms with Gasteiger partial charge in [0.25, 0.3) is 5.91 Å². The first-order valence-corrected chi connectivity index (χ1v) is 5.20. The maximum atomic E-state index is 12.1.